The van der Waals surface area contributed by atoms with Gasteiger partial charge < -0.3 is 10.1 Å². The molecular weight excluding hydrogens is 178 g/mol. The Labute approximate surface area is 86.2 Å². The summed E-state index contributed by atoms with van der Waals surface area (Å²) in [5.41, 5.74) is -0.172. The number of ether oxygens (including phenoxy) is 1. The van der Waals surface area contributed by atoms with Crippen LogP contribution in [0.25, 0.3) is 0 Å². The molecule has 0 spiro atoms. The maximum atomic E-state index is 11.4. The molecule has 3 nitrogen and oxygen atoms in total. The summed E-state index contributed by atoms with van der Waals surface area (Å²) in [7, 11) is 0. The van der Waals surface area contributed by atoms with E-state index in [-0.39, 0.29) is 17.6 Å². The molecule has 0 bridgehead atoms. The molecule has 1 aliphatic rings. The van der Waals surface area contributed by atoms with Crippen molar-refractivity contribution in [3.8, 4) is 0 Å². The van der Waals surface area contributed by atoms with E-state index in [1.807, 2.05) is 20.8 Å². The Bertz CT molecular complexity index is 228. The summed E-state index contributed by atoms with van der Waals surface area (Å²) < 4.78 is 5.19. The van der Waals surface area contributed by atoms with E-state index in [1.54, 1.807) is 0 Å². The molecule has 1 amide bonds. The number of carbonyl (C=O) groups excluding carboxylic acids is 1. The molecule has 82 valence electrons. The fraction of sp³-hybridized carbons (Fsp3) is 0.909. The highest BCUT2D eigenvalue weighted by atomic mass is 16.6. The van der Waals surface area contributed by atoms with Gasteiger partial charge in [-0.25, -0.2) is 4.79 Å². The van der Waals surface area contributed by atoms with E-state index in [2.05, 4.69) is 19.2 Å². The van der Waals surface area contributed by atoms with Gasteiger partial charge in [-0.3, -0.25) is 0 Å². The second kappa shape index (κ2) is 3.44. The highest BCUT2D eigenvalue weighted by Crippen LogP contribution is 2.39. The highest BCUT2D eigenvalue weighted by molar-refractivity contribution is 5.68. The van der Waals surface area contributed by atoms with Crippen LogP contribution in [0, 0.1) is 5.41 Å². The zero-order valence-electron chi connectivity index (χ0n) is 9.81. The van der Waals surface area contributed by atoms with Crippen molar-refractivity contribution in [1.29, 1.82) is 0 Å². The Morgan fingerprint density at radius 1 is 1.43 bits per heavy atom. The largest absolute Gasteiger partial charge is 0.444 e. The summed E-state index contributed by atoms with van der Waals surface area (Å²) >= 11 is 0. The molecule has 1 N–H and O–H groups in total. The van der Waals surface area contributed by atoms with Gasteiger partial charge in [0.15, 0.2) is 0 Å². The average Bonchev–Trinajstić information content (AvgIpc) is 1.95. The van der Waals surface area contributed by atoms with Crippen LogP contribution in [0.2, 0.25) is 0 Å². The van der Waals surface area contributed by atoms with Crippen molar-refractivity contribution in [1.82, 2.24) is 5.32 Å². The summed E-state index contributed by atoms with van der Waals surface area (Å²) in [6.07, 6.45) is 1.94. The molecule has 0 aliphatic heterocycles. The molecule has 0 aromatic heterocycles. The fourth-order valence-corrected chi connectivity index (χ4v) is 1.58. The third kappa shape index (κ3) is 2.89. The second-order valence-corrected chi connectivity index (χ2v) is 5.73. The van der Waals surface area contributed by atoms with Gasteiger partial charge >= 0.3 is 6.09 Å². The van der Waals surface area contributed by atoms with Crippen LogP contribution in [0.4, 0.5) is 4.79 Å². The summed E-state index contributed by atoms with van der Waals surface area (Å²) in [6, 6.07) is 0.275. The van der Waals surface area contributed by atoms with Gasteiger partial charge in [-0.05, 0) is 39.0 Å². The summed E-state index contributed by atoms with van der Waals surface area (Å²) in [5, 5.41) is 2.90. The number of amides is 1. The lowest BCUT2D eigenvalue weighted by molar-refractivity contribution is 0.0334. The molecule has 1 rings (SSSR count). The lowest BCUT2D eigenvalue weighted by Crippen LogP contribution is -2.53. The quantitative estimate of drug-likeness (QED) is 0.705. The molecular formula is C11H21NO2. The molecule has 0 aromatic carbocycles. The van der Waals surface area contributed by atoms with E-state index < -0.39 is 5.60 Å². The number of nitrogens with one attached hydrogen (secondary N) is 1. The summed E-state index contributed by atoms with van der Waals surface area (Å²) in [5.74, 6) is 0. The smallest absolute Gasteiger partial charge is 0.407 e. The number of hydrogen-bond donors (Lipinski definition) is 1. The zero-order chi connectivity index (χ0) is 11.0. The fourth-order valence-electron chi connectivity index (χ4n) is 1.58. The van der Waals surface area contributed by atoms with E-state index in [9.17, 15) is 4.79 Å². The van der Waals surface area contributed by atoms with Crippen LogP contribution in [-0.2, 0) is 4.74 Å². The van der Waals surface area contributed by atoms with Crippen molar-refractivity contribution >= 4 is 6.09 Å². The van der Waals surface area contributed by atoms with Crippen molar-refractivity contribution in [2.45, 2.75) is 59.1 Å². The Hall–Kier alpha value is -0.730. The van der Waals surface area contributed by atoms with Gasteiger partial charge in [0.2, 0.25) is 0 Å². The van der Waals surface area contributed by atoms with Crippen LogP contribution < -0.4 is 5.32 Å². The van der Waals surface area contributed by atoms with E-state index in [0.717, 1.165) is 6.42 Å². The monoisotopic (exact) mass is 199 g/mol. The molecule has 0 heterocycles. The van der Waals surface area contributed by atoms with Gasteiger partial charge in [-0.1, -0.05) is 13.8 Å². The molecule has 0 radical (unpaired) electrons. The number of alkyl carbamates (subject to hydrolysis) is 1. The number of rotatable bonds is 1. The van der Waals surface area contributed by atoms with Crippen molar-refractivity contribution in [3.05, 3.63) is 0 Å². The first kappa shape index (κ1) is 11.3. The Morgan fingerprint density at radius 2 is 2.00 bits per heavy atom. The lowest BCUT2D eigenvalue weighted by atomic mass is 9.67. The van der Waals surface area contributed by atoms with E-state index in [4.69, 9.17) is 4.74 Å². The van der Waals surface area contributed by atoms with Gasteiger partial charge in [-0.15, -0.1) is 0 Å². The Balaban J connectivity index is 2.35. The minimum Gasteiger partial charge on any atom is -0.444 e. The molecule has 0 saturated heterocycles. The molecule has 3 heteroatoms. The minimum absolute atomic E-state index is 0.233. The molecule has 14 heavy (non-hydrogen) atoms. The van der Waals surface area contributed by atoms with Crippen LogP contribution in [-0.4, -0.2) is 17.7 Å². The molecule has 1 saturated carbocycles. The van der Waals surface area contributed by atoms with E-state index in [1.165, 1.54) is 6.42 Å². The van der Waals surface area contributed by atoms with Gasteiger partial charge in [-0.2, -0.15) is 0 Å². The third-order valence-corrected chi connectivity index (χ3v) is 2.71. The first-order valence-electron chi connectivity index (χ1n) is 5.20. The van der Waals surface area contributed by atoms with Gasteiger partial charge in [0, 0.05) is 6.04 Å². The normalized spacial score (nSPS) is 25.1. The zero-order valence-corrected chi connectivity index (χ0v) is 9.81. The third-order valence-electron chi connectivity index (χ3n) is 2.71. The van der Waals surface area contributed by atoms with Crippen LogP contribution in [0.15, 0.2) is 0 Å². The van der Waals surface area contributed by atoms with Gasteiger partial charge in [0.1, 0.15) is 5.60 Å². The van der Waals surface area contributed by atoms with Crippen molar-refractivity contribution in [2.75, 3.05) is 0 Å². The number of hydrogen-bond acceptors (Lipinski definition) is 2. The van der Waals surface area contributed by atoms with Crippen molar-refractivity contribution < 1.29 is 9.53 Å². The standard InChI is InChI=1S/C11H21NO2/c1-10(2,3)14-9(13)12-8-6-7-11(8,4)5/h8H,6-7H2,1-5H3,(H,12,13)/t8-/m1/s1. The maximum Gasteiger partial charge on any atom is 0.407 e. The molecule has 0 aromatic rings. The van der Waals surface area contributed by atoms with E-state index in [0.29, 0.717) is 0 Å². The van der Waals surface area contributed by atoms with Crippen LogP contribution in [0.1, 0.15) is 47.5 Å². The maximum absolute atomic E-state index is 11.4. The first-order chi connectivity index (χ1) is 6.21. The molecule has 1 fully saturated rings. The lowest BCUT2D eigenvalue weighted by Gasteiger charge is -2.44. The molecule has 1 aliphatic carbocycles. The van der Waals surface area contributed by atoms with Crippen molar-refractivity contribution in [2.24, 2.45) is 5.41 Å². The summed E-state index contributed by atoms with van der Waals surface area (Å²) in [6.45, 7) is 9.95. The SMILES string of the molecule is CC(C)(C)OC(=O)N[C@@H]1CCC1(C)C. The van der Waals surface area contributed by atoms with Crippen molar-refractivity contribution in [3.63, 3.8) is 0 Å². The Morgan fingerprint density at radius 3 is 2.29 bits per heavy atom. The van der Waals surface area contributed by atoms with Gasteiger partial charge in [0.25, 0.3) is 0 Å². The number of carbonyl (C=O) groups is 1. The second-order valence-electron chi connectivity index (χ2n) is 5.73. The predicted octanol–water partition coefficient (Wildman–Crippen LogP) is 2.70. The predicted molar refractivity (Wildman–Crippen MR) is 56.2 cm³/mol. The minimum atomic E-state index is -0.405. The Kier molecular flexibility index (Phi) is 2.79. The van der Waals surface area contributed by atoms with E-state index >= 15 is 0 Å². The highest BCUT2D eigenvalue weighted by Gasteiger charge is 2.39. The topological polar surface area (TPSA) is 38.3 Å². The van der Waals surface area contributed by atoms with Crippen LogP contribution in [0.5, 0.6) is 0 Å². The average molecular weight is 199 g/mol. The van der Waals surface area contributed by atoms with Crippen LogP contribution >= 0.6 is 0 Å². The van der Waals surface area contributed by atoms with Gasteiger partial charge in [0.05, 0.1) is 0 Å². The first-order valence-corrected chi connectivity index (χ1v) is 5.20. The molecule has 0 unspecified atom stereocenters. The van der Waals surface area contributed by atoms with Crippen LogP contribution in [0.3, 0.4) is 0 Å². The summed E-state index contributed by atoms with van der Waals surface area (Å²) in [4.78, 5) is 11.4. The molecule has 1 atom stereocenters.